The largest absolute Gasteiger partial charge is 0.449 e. The second kappa shape index (κ2) is 8.43. The van der Waals surface area contributed by atoms with E-state index < -0.39 is 22.9 Å². The summed E-state index contributed by atoms with van der Waals surface area (Å²) >= 11 is 1.51. The SMILES string of the molecule is C[C@@H](OC(=O)c1ccc(N(C)C)c([N+](=O)[O-])c1)C(=O)NCc1cccs1. The first kappa shape index (κ1) is 19.4. The second-order valence-corrected chi connectivity index (χ2v) is 6.73. The van der Waals surface area contributed by atoms with Crippen LogP contribution in [0.3, 0.4) is 0 Å². The molecular formula is C17H19N3O5S. The molecule has 2 rings (SSSR count). The van der Waals surface area contributed by atoms with Gasteiger partial charge in [-0.1, -0.05) is 6.07 Å². The molecule has 0 fully saturated rings. The molecule has 0 radical (unpaired) electrons. The summed E-state index contributed by atoms with van der Waals surface area (Å²) in [6.45, 7) is 1.80. The zero-order chi connectivity index (χ0) is 19.3. The Morgan fingerprint density at radius 3 is 2.65 bits per heavy atom. The van der Waals surface area contributed by atoms with Gasteiger partial charge in [0.15, 0.2) is 6.10 Å². The van der Waals surface area contributed by atoms with Crippen LogP contribution < -0.4 is 10.2 Å². The summed E-state index contributed by atoms with van der Waals surface area (Å²) < 4.78 is 5.12. The van der Waals surface area contributed by atoms with Crippen LogP contribution in [0, 0.1) is 10.1 Å². The first-order chi connectivity index (χ1) is 12.3. The van der Waals surface area contributed by atoms with Crippen molar-refractivity contribution in [3.05, 3.63) is 56.3 Å². The molecule has 1 N–H and O–H groups in total. The van der Waals surface area contributed by atoms with E-state index >= 15 is 0 Å². The van der Waals surface area contributed by atoms with Gasteiger partial charge < -0.3 is 15.0 Å². The fourth-order valence-electron chi connectivity index (χ4n) is 2.19. The quantitative estimate of drug-likeness (QED) is 0.452. The maximum atomic E-state index is 12.2. The number of esters is 1. The van der Waals surface area contributed by atoms with Gasteiger partial charge in [-0.2, -0.15) is 0 Å². The number of hydrogen-bond acceptors (Lipinski definition) is 7. The average Bonchev–Trinajstić information content (AvgIpc) is 3.12. The van der Waals surface area contributed by atoms with Crippen molar-refractivity contribution in [3.8, 4) is 0 Å². The van der Waals surface area contributed by atoms with Crippen LogP contribution in [-0.2, 0) is 16.1 Å². The number of anilines is 1. The molecule has 0 saturated carbocycles. The number of carbonyl (C=O) groups is 2. The van der Waals surface area contributed by atoms with Crippen molar-refractivity contribution < 1.29 is 19.2 Å². The highest BCUT2D eigenvalue weighted by molar-refractivity contribution is 7.09. The van der Waals surface area contributed by atoms with Crippen molar-refractivity contribution in [2.75, 3.05) is 19.0 Å². The van der Waals surface area contributed by atoms with Gasteiger partial charge in [-0.3, -0.25) is 14.9 Å². The number of thiophene rings is 1. The number of amides is 1. The first-order valence-corrected chi connectivity index (χ1v) is 8.64. The van der Waals surface area contributed by atoms with Gasteiger partial charge in [-0.15, -0.1) is 11.3 Å². The number of nitro benzene ring substituents is 1. The number of nitrogens with zero attached hydrogens (tertiary/aromatic N) is 2. The normalized spacial score (nSPS) is 11.5. The smallest absolute Gasteiger partial charge is 0.339 e. The van der Waals surface area contributed by atoms with Gasteiger partial charge in [0.1, 0.15) is 5.69 Å². The third-order valence-corrected chi connectivity index (χ3v) is 4.44. The standard InChI is InChI=1S/C17H19N3O5S/c1-11(16(21)18-10-13-5-4-8-26-13)25-17(22)12-6-7-14(19(2)3)15(9-12)20(23)24/h4-9,11H,10H2,1-3H3,(H,18,21)/t11-/m1/s1. The highest BCUT2D eigenvalue weighted by Crippen LogP contribution is 2.28. The molecule has 0 aliphatic heterocycles. The molecule has 1 heterocycles. The number of carbonyl (C=O) groups excluding carboxylic acids is 2. The van der Waals surface area contributed by atoms with Crippen LogP contribution in [0.1, 0.15) is 22.2 Å². The molecule has 9 heteroatoms. The van der Waals surface area contributed by atoms with Crippen molar-refractivity contribution in [1.82, 2.24) is 5.32 Å². The number of benzene rings is 1. The van der Waals surface area contributed by atoms with Crippen LogP contribution in [-0.4, -0.2) is 37.0 Å². The van der Waals surface area contributed by atoms with Crippen LogP contribution in [0.15, 0.2) is 35.7 Å². The maximum absolute atomic E-state index is 12.2. The summed E-state index contributed by atoms with van der Waals surface area (Å²) in [5.74, 6) is -1.23. The number of nitro groups is 1. The van der Waals surface area contributed by atoms with Crippen molar-refractivity contribution in [2.45, 2.75) is 19.6 Å². The lowest BCUT2D eigenvalue weighted by Gasteiger charge is -2.15. The number of ether oxygens (including phenoxy) is 1. The molecular weight excluding hydrogens is 358 g/mol. The Morgan fingerprint density at radius 1 is 1.35 bits per heavy atom. The molecule has 1 aromatic heterocycles. The van der Waals surface area contributed by atoms with Gasteiger partial charge >= 0.3 is 5.97 Å². The molecule has 138 valence electrons. The van der Waals surface area contributed by atoms with E-state index in [1.807, 2.05) is 17.5 Å². The van der Waals surface area contributed by atoms with E-state index in [0.29, 0.717) is 12.2 Å². The molecule has 1 amide bonds. The lowest BCUT2D eigenvalue weighted by atomic mass is 10.1. The van der Waals surface area contributed by atoms with Gasteiger partial charge in [-0.25, -0.2) is 4.79 Å². The monoisotopic (exact) mass is 377 g/mol. The van der Waals surface area contributed by atoms with Crippen LogP contribution in [0.25, 0.3) is 0 Å². The number of rotatable bonds is 7. The fraction of sp³-hybridized carbons (Fsp3) is 0.294. The number of nitrogens with one attached hydrogen (secondary N) is 1. The van der Waals surface area contributed by atoms with Crippen molar-refractivity contribution in [2.24, 2.45) is 0 Å². The summed E-state index contributed by atoms with van der Waals surface area (Å²) in [6, 6.07) is 7.80. The molecule has 0 aliphatic rings. The fourth-order valence-corrected chi connectivity index (χ4v) is 2.83. The molecule has 1 aromatic carbocycles. The Balaban J connectivity index is 2.03. The van der Waals surface area contributed by atoms with Crippen LogP contribution >= 0.6 is 11.3 Å². The molecule has 0 saturated heterocycles. The zero-order valence-corrected chi connectivity index (χ0v) is 15.4. The van der Waals surface area contributed by atoms with E-state index in [-0.39, 0.29) is 11.3 Å². The molecule has 2 aromatic rings. The van der Waals surface area contributed by atoms with Gasteiger partial charge in [-0.05, 0) is 30.5 Å². The Hall–Kier alpha value is -2.94. The van der Waals surface area contributed by atoms with E-state index in [1.165, 1.54) is 30.4 Å². The molecule has 0 aliphatic carbocycles. The highest BCUT2D eigenvalue weighted by Gasteiger charge is 2.23. The summed E-state index contributed by atoms with van der Waals surface area (Å²) in [7, 11) is 3.33. The second-order valence-electron chi connectivity index (χ2n) is 5.70. The Bertz CT molecular complexity index is 805. The third-order valence-electron chi connectivity index (χ3n) is 3.56. The predicted molar refractivity (Wildman–Crippen MR) is 98.5 cm³/mol. The summed E-state index contributed by atoms with van der Waals surface area (Å²) in [4.78, 5) is 37.4. The average molecular weight is 377 g/mol. The lowest BCUT2D eigenvalue weighted by molar-refractivity contribution is -0.384. The highest BCUT2D eigenvalue weighted by atomic mass is 32.1. The van der Waals surface area contributed by atoms with Gasteiger partial charge in [0.05, 0.1) is 17.0 Å². The van der Waals surface area contributed by atoms with Gasteiger partial charge in [0.2, 0.25) is 0 Å². The minimum Gasteiger partial charge on any atom is -0.449 e. The molecule has 1 atom stereocenters. The van der Waals surface area contributed by atoms with E-state index in [1.54, 1.807) is 19.0 Å². The van der Waals surface area contributed by atoms with Crippen molar-refractivity contribution in [1.29, 1.82) is 0 Å². The Morgan fingerprint density at radius 2 is 2.08 bits per heavy atom. The van der Waals surface area contributed by atoms with Crippen molar-refractivity contribution in [3.63, 3.8) is 0 Å². The van der Waals surface area contributed by atoms with E-state index in [4.69, 9.17) is 4.74 Å². The predicted octanol–water partition coefficient (Wildman–Crippen LogP) is 2.58. The summed E-state index contributed by atoms with van der Waals surface area (Å²) in [5.41, 5.74) is 0.174. The van der Waals surface area contributed by atoms with Crippen LogP contribution in [0.2, 0.25) is 0 Å². The number of hydrogen-bond donors (Lipinski definition) is 1. The lowest BCUT2D eigenvalue weighted by Crippen LogP contribution is -2.35. The maximum Gasteiger partial charge on any atom is 0.339 e. The minimum absolute atomic E-state index is 0.0141. The molecule has 26 heavy (non-hydrogen) atoms. The van der Waals surface area contributed by atoms with E-state index in [2.05, 4.69) is 5.32 Å². The molecule has 0 spiro atoms. The Kier molecular flexibility index (Phi) is 6.29. The third kappa shape index (κ3) is 4.79. The van der Waals surface area contributed by atoms with E-state index in [0.717, 1.165) is 10.9 Å². The van der Waals surface area contributed by atoms with Gasteiger partial charge in [0, 0.05) is 25.0 Å². The zero-order valence-electron chi connectivity index (χ0n) is 14.6. The van der Waals surface area contributed by atoms with Crippen molar-refractivity contribution >= 4 is 34.6 Å². The first-order valence-electron chi connectivity index (χ1n) is 7.76. The molecule has 8 nitrogen and oxygen atoms in total. The minimum atomic E-state index is -1.02. The van der Waals surface area contributed by atoms with Crippen LogP contribution in [0.5, 0.6) is 0 Å². The topological polar surface area (TPSA) is 102 Å². The van der Waals surface area contributed by atoms with Gasteiger partial charge in [0.25, 0.3) is 11.6 Å². The molecule has 0 unspecified atom stereocenters. The Labute approximate surface area is 154 Å². The molecule has 0 bridgehead atoms. The summed E-state index contributed by atoms with van der Waals surface area (Å²) in [6.07, 6.45) is -1.02. The summed E-state index contributed by atoms with van der Waals surface area (Å²) in [5, 5.41) is 15.8. The van der Waals surface area contributed by atoms with E-state index in [9.17, 15) is 19.7 Å². The van der Waals surface area contributed by atoms with Crippen LogP contribution in [0.4, 0.5) is 11.4 Å².